The monoisotopic (exact) mass is 259 g/mol. The predicted octanol–water partition coefficient (Wildman–Crippen LogP) is 2.84. The van der Waals surface area contributed by atoms with Crippen molar-refractivity contribution in [3.63, 3.8) is 0 Å². The van der Waals surface area contributed by atoms with E-state index in [1.807, 2.05) is 0 Å². The van der Waals surface area contributed by atoms with Crippen LogP contribution in [0.15, 0.2) is 34.9 Å². The molecular formula is C15H21N3O. The average Bonchev–Trinajstić information content (AvgIpc) is 2.77. The van der Waals surface area contributed by atoms with Gasteiger partial charge in [-0.25, -0.2) is 0 Å². The first kappa shape index (κ1) is 13.6. The van der Waals surface area contributed by atoms with Gasteiger partial charge in [-0.3, -0.25) is 4.90 Å². The number of nitrogen functional groups attached to an aromatic ring is 1. The van der Waals surface area contributed by atoms with Crippen LogP contribution in [0.3, 0.4) is 0 Å². The number of nitrogens with two attached hydrogens (primary N) is 1. The molecule has 0 saturated carbocycles. The molecule has 2 N–H and O–H groups in total. The summed E-state index contributed by atoms with van der Waals surface area (Å²) in [4.78, 5) is 2.18. The lowest BCUT2D eigenvalue weighted by Crippen LogP contribution is -2.16. The van der Waals surface area contributed by atoms with E-state index < -0.39 is 0 Å². The van der Waals surface area contributed by atoms with Crippen LogP contribution in [0.5, 0.6) is 0 Å². The molecule has 0 atom stereocenters. The summed E-state index contributed by atoms with van der Waals surface area (Å²) < 4.78 is 5.11. The smallest absolute Gasteiger partial charge is 0.167 e. The van der Waals surface area contributed by atoms with Gasteiger partial charge in [0.15, 0.2) is 11.6 Å². The number of hydrogen-bond donors (Lipinski definition) is 1. The Hall–Kier alpha value is -1.81. The molecule has 0 aliphatic carbocycles. The Kier molecular flexibility index (Phi) is 4.58. The van der Waals surface area contributed by atoms with E-state index >= 15 is 0 Å². The Morgan fingerprint density at radius 1 is 1.16 bits per heavy atom. The standard InChI is InChI=1S/C15H21N3O/c1-3-4-12-5-7-13(8-6-12)10-18(2)11-14-9-15(16)17-19-14/h5-9H,3-4,10-11H2,1-2H3,(H2,16,17). The molecule has 0 aliphatic rings. The van der Waals surface area contributed by atoms with Gasteiger partial charge in [0.1, 0.15) is 0 Å². The van der Waals surface area contributed by atoms with Crippen molar-refractivity contribution in [3.8, 4) is 0 Å². The van der Waals surface area contributed by atoms with Crippen LogP contribution >= 0.6 is 0 Å². The highest BCUT2D eigenvalue weighted by molar-refractivity contribution is 5.26. The van der Waals surface area contributed by atoms with Crippen LogP contribution in [0.1, 0.15) is 30.2 Å². The molecule has 2 aromatic rings. The van der Waals surface area contributed by atoms with Gasteiger partial charge < -0.3 is 10.3 Å². The second-order valence-electron chi connectivity index (χ2n) is 4.96. The van der Waals surface area contributed by atoms with Crippen LogP contribution in [-0.2, 0) is 19.5 Å². The van der Waals surface area contributed by atoms with E-state index in [-0.39, 0.29) is 0 Å². The molecule has 19 heavy (non-hydrogen) atoms. The van der Waals surface area contributed by atoms with Gasteiger partial charge in [0.05, 0.1) is 6.54 Å². The summed E-state index contributed by atoms with van der Waals surface area (Å²) in [5.41, 5.74) is 8.23. The molecule has 1 aromatic heterocycles. The third-order valence-corrected chi connectivity index (χ3v) is 3.02. The fraction of sp³-hybridized carbons (Fsp3) is 0.400. The van der Waals surface area contributed by atoms with Crippen molar-refractivity contribution in [1.82, 2.24) is 10.1 Å². The first-order valence-electron chi connectivity index (χ1n) is 6.65. The van der Waals surface area contributed by atoms with E-state index in [1.165, 1.54) is 17.5 Å². The van der Waals surface area contributed by atoms with Crippen molar-refractivity contribution >= 4 is 5.82 Å². The maximum Gasteiger partial charge on any atom is 0.167 e. The lowest BCUT2D eigenvalue weighted by atomic mass is 10.1. The molecule has 0 bridgehead atoms. The molecule has 4 nitrogen and oxygen atoms in total. The molecule has 0 unspecified atom stereocenters. The fourth-order valence-corrected chi connectivity index (χ4v) is 2.14. The summed E-state index contributed by atoms with van der Waals surface area (Å²) in [6.07, 6.45) is 2.33. The Morgan fingerprint density at radius 3 is 2.42 bits per heavy atom. The third kappa shape index (κ3) is 4.10. The van der Waals surface area contributed by atoms with Gasteiger partial charge in [-0.05, 0) is 24.6 Å². The highest BCUT2D eigenvalue weighted by Gasteiger charge is 2.06. The van der Waals surface area contributed by atoms with E-state index in [1.54, 1.807) is 6.07 Å². The topological polar surface area (TPSA) is 55.3 Å². The summed E-state index contributed by atoms with van der Waals surface area (Å²) in [7, 11) is 2.05. The average molecular weight is 259 g/mol. The van der Waals surface area contributed by atoms with E-state index in [2.05, 4.69) is 48.3 Å². The summed E-state index contributed by atoms with van der Waals surface area (Å²) in [6.45, 7) is 3.79. The van der Waals surface area contributed by atoms with Gasteiger partial charge in [-0.2, -0.15) is 0 Å². The molecule has 0 spiro atoms. The number of aryl methyl sites for hydroxylation is 1. The van der Waals surface area contributed by atoms with Gasteiger partial charge >= 0.3 is 0 Å². The third-order valence-electron chi connectivity index (χ3n) is 3.02. The minimum atomic E-state index is 0.437. The summed E-state index contributed by atoms with van der Waals surface area (Å²) >= 11 is 0. The SMILES string of the molecule is CCCc1ccc(CN(C)Cc2cc(N)no2)cc1. The maximum absolute atomic E-state index is 5.53. The lowest BCUT2D eigenvalue weighted by Gasteiger charge is -2.14. The number of anilines is 1. The van der Waals surface area contributed by atoms with Gasteiger partial charge in [0.2, 0.25) is 0 Å². The van der Waals surface area contributed by atoms with Crippen LogP contribution in [0.25, 0.3) is 0 Å². The highest BCUT2D eigenvalue weighted by Crippen LogP contribution is 2.12. The predicted molar refractivity (Wildman–Crippen MR) is 76.5 cm³/mol. The van der Waals surface area contributed by atoms with Crippen molar-refractivity contribution in [3.05, 3.63) is 47.2 Å². The zero-order chi connectivity index (χ0) is 13.7. The van der Waals surface area contributed by atoms with Crippen LogP contribution in [-0.4, -0.2) is 17.1 Å². The zero-order valence-corrected chi connectivity index (χ0v) is 11.6. The number of aromatic nitrogens is 1. The van der Waals surface area contributed by atoms with Gasteiger partial charge in [-0.1, -0.05) is 42.8 Å². The van der Waals surface area contributed by atoms with Crippen LogP contribution in [0.2, 0.25) is 0 Å². The second kappa shape index (κ2) is 6.38. The van der Waals surface area contributed by atoms with Gasteiger partial charge in [0, 0.05) is 12.6 Å². The van der Waals surface area contributed by atoms with E-state index in [9.17, 15) is 0 Å². The minimum Gasteiger partial charge on any atom is -0.381 e. The molecular weight excluding hydrogens is 238 g/mol. The normalized spacial score (nSPS) is 11.1. The molecule has 0 saturated heterocycles. The summed E-state index contributed by atoms with van der Waals surface area (Å²) in [5, 5.41) is 3.68. The molecule has 1 aromatic carbocycles. The van der Waals surface area contributed by atoms with Crippen molar-refractivity contribution in [1.29, 1.82) is 0 Å². The Bertz CT molecular complexity index is 504. The summed E-state index contributed by atoms with van der Waals surface area (Å²) in [5.74, 6) is 1.23. The Morgan fingerprint density at radius 2 is 1.84 bits per heavy atom. The second-order valence-corrected chi connectivity index (χ2v) is 4.96. The molecule has 2 rings (SSSR count). The van der Waals surface area contributed by atoms with Crippen LogP contribution in [0.4, 0.5) is 5.82 Å². The van der Waals surface area contributed by atoms with Crippen molar-refractivity contribution in [2.24, 2.45) is 0 Å². The lowest BCUT2D eigenvalue weighted by molar-refractivity contribution is 0.267. The first-order chi connectivity index (χ1) is 9.17. The van der Waals surface area contributed by atoms with E-state index in [0.717, 1.165) is 18.7 Å². The molecule has 0 radical (unpaired) electrons. The number of rotatable bonds is 6. The van der Waals surface area contributed by atoms with Crippen molar-refractivity contribution in [2.75, 3.05) is 12.8 Å². The Balaban J connectivity index is 1.89. The minimum absolute atomic E-state index is 0.437. The zero-order valence-electron chi connectivity index (χ0n) is 11.6. The molecule has 1 heterocycles. The molecule has 4 heteroatoms. The molecule has 102 valence electrons. The van der Waals surface area contributed by atoms with Crippen LogP contribution < -0.4 is 5.73 Å². The van der Waals surface area contributed by atoms with Crippen LogP contribution in [0, 0.1) is 0 Å². The maximum atomic E-state index is 5.53. The molecule has 0 aliphatic heterocycles. The number of nitrogens with zero attached hydrogens (tertiary/aromatic N) is 2. The summed E-state index contributed by atoms with van der Waals surface area (Å²) in [6, 6.07) is 10.6. The highest BCUT2D eigenvalue weighted by atomic mass is 16.5. The number of benzene rings is 1. The van der Waals surface area contributed by atoms with Gasteiger partial charge in [0.25, 0.3) is 0 Å². The van der Waals surface area contributed by atoms with E-state index in [0.29, 0.717) is 12.4 Å². The number of hydrogen-bond acceptors (Lipinski definition) is 4. The Labute approximate surface area is 114 Å². The van der Waals surface area contributed by atoms with E-state index in [4.69, 9.17) is 10.3 Å². The quantitative estimate of drug-likeness (QED) is 0.866. The van der Waals surface area contributed by atoms with Crippen molar-refractivity contribution in [2.45, 2.75) is 32.9 Å². The fourth-order valence-electron chi connectivity index (χ4n) is 2.14. The molecule has 0 amide bonds. The first-order valence-corrected chi connectivity index (χ1v) is 6.65. The molecule has 0 fully saturated rings. The van der Waals surface area contributed by atoms with Gasteiger partial charge in [-0.15, -0.1) is 0 Å². The largest absolute Gasteiger partial charge is 0.381 e. The van der Waals surface area contributed by atoms with Crippen molar-refractivity contribution < 1.29 is 4.52 Å².